The third-order valence-electron chi connectivity index (χ3n) is 2.10. The van der Waals surface area contributed by atoms with Crippen LogP contribution in [0.4, 0.5) is 0 Å². The topological polar surface area (TPSA) is 49.3 Å². The summed E-state index contributed by atoms with van der Waals surface area (Å²) >= 11 is 1.49. The molecular formula is C11H17NO2S. The second-order valence-electron chi connectivity index (χ2n) is 3.97. The van der Waals surface area contributed by atoms with Gasteiger partial charge in [0.1, 0.15) is 0 Å². The van der Waals surface area contributed by atoms with Gasteiger partial charge in [0.25, 0.3) is 0 Å². The molecule has 2 N–H and O–H groups in total. The first kappa shape index (κ1) is 12.2. The molecule has 0 saturated heterocycles. The number of rotatable bonds is 6. The Bertz CT molecular complexity index is 320. The molecule has 3 nitrogen and oxygen atoms in total. The first-order valence-electron chi connectivity index (χ1n) is 5.11. The highest BCUT2D eigenvalue weighted by Crippen LogP contribution is 2.14. The molecule has 0 atom stereocenters. The number of carbonyl (C=O) groups is 1. The zero-order valence-corrected chi connectivity index (χ0v) is 9.93. The van der Waals surface area contributed by atoms with Crippen LogP contribution in [0.25, 0.3) is 0 Å². The van der Waals surface area contributed by atoms with Crippen LogP contribution in [-0.4, -0.2) is 17.6 Å². The van der Waals surface area contributed by atoms with E-state index in [1.807, 2.05) is 0 Å². The first-order chi connectivity index (χ1) is 7.09. The molecule has 0 amide bonds. The second kappa shape index (κ2) is 5.88. The number of nitrogens with one attached hydrogen (secondary N) is 1. The second-order valence-corrected chi connectivity index (χ2v) is 4.96. The Balaban J connectivity index is 2.29. The van der Waals surface area contributed by atoms with Gasteiger partial charge in [-0.3, -0.25) is 0 Å². The summed E-state index contributed by atoms with van der Waals surface area (Å²) in [7, 11) is 0. The van der Waals surface area contributed by atoms with E-state index in [2.05, 4.69) is 19.2 Å². The lowest BCUT2D eigenvalue weighted by atomic mass is 10.1. The van der Waals surface area contributed by atoms with Crippen molar-refractivity contribution in [3.63, 3.8) is 0 Å². The molecule has 0 aliphatic rings. The van der Waals surface area contributed by atoms with Gasteiger partial charge in [0.15, 0.2) is 0 Å². The van der Waals surface area contributed by atoms with Gasteiger partial charge in [-0.05, 0) is 24.9 Å². The number of carboxylic acid groups (broad SMARTS) is 1. The molecule has 0 unspecified atom stereocenters. The minimum atomic E-state index is -0.848. The van der Waals surface area contributed by atoms with E-state index in [9.17, 15) is 4.79 Å². The maximum absolute atomic E-state index is 10.6. The van der Waals surface area contributed by atoms with Gasteiger partial charge >= 0.3 is 5.97 Å². The van der Waals surface area contributed by atoms with E-state index in [4.69, 9.17) is 5.11 Å². The van der Waals surface area contributed by atoms with Crippen molar-refractivity contribution in [1.82, 2.24) is 5.32 Å². The number of hydrogen-bond donors (Lipinski definition) is 2. The Kier molecular flexibility index (Phi) is 4.78. The quantitative estimate of drug-likeness (QED) is 0.734. The lowest BCUT2D eigenvalue weighted by Crippen LogP contribution is -2.15. The first-order valence-corrected chi connectivity index (χ1v) is 5.99. The summed E-state index contributed by atoms with van der Waals surface area (Å²) < 4.78 is 0. The molecular weight excluding hydrogens is 210 g/mol. The summed E-state index contributed by atoms with van der Waals surface area (Å²) in [6, 6.07) is 1.73. The average Bonchev–Trinajstić information content (AvgIpc) is 2.60. The fraction of sp³-hybridized carbons (Fsp3) is 0.545. The molecule has 0 fully saturated rings. The molecule has 15 heavy (non-hydrogen) atoms. The van der Waals surface area contributed by atoms with Crippen LogP contribution in [0.5, 0.6) is 0 Å². The zero-order valence-electron chi connectivity index (χ0n) is 9.12. The van der Waals surface area contributed by atoms with Gasteiger partial charge in [-0.1, -0.05) is 13.8 Å². The van der Waals surface area contributed by atoms with Crippen molar-refractivity contribution in [2.45, 2.75) is 26.8 Å². The normalized spacial score (nSPS) is 10.9. The van der Waals surface area contributed by atoms with Crippen LogP contribution in [0.2, 0.25) is 0 Å². The Morgan fingerprint density at radius 3 is 2.87 bits per heavy atom. The smallest absolute Gasteiger partial charge is 0.336 e. The molecule has 0 aliphatic heterocycles. The van der Waals surface area contributed by atoms with E-state index in [-0.39, 0.29) is 0 Å². The molecule has 1 aromatic rings. The summed E-state index contributed by atoms with van der Waals surface area (Å²) in [5, 5.41) is 13.7. The van der Waals surface area contributed by atoms with E-state index < -0.39 is 5.97 Å². The number of thiophene rings is 1. The number of hydrogen-bond acceptors (Lipinski definition) is 3. The Morgan fingerprint density at radius 1 is 1.60 bits per heavy atom. The van der Waals surface area contributed by atoms with Gasteiger partial charge in [0, 0.05) is 16.8 Å². The monoisotopic (exact) mass is 227 g/mol. The molecule has 0 spiro atoms. The van der Waals surface area contributed by atoms with Crippen molar-refractivity contribution in [1.29, 1.82) is 0 Å². The fourth-order valence-corrected chi connectivity index (χ4v) is 2.02. The Hall–Kier alpha value is -0.870. The van der Waals surface area contributed by atoms with Crippen LogP contribution in [-0.2, 0) is 6.54 Å². The maximum atomic E-state index is 10.6. The SMILES string of the molecule is CC(C)CCNCc1cc(C(=O)O)cs1. The number of aromatic carboxylic acids is 1. The van der Waals surface area contributed by atoms with Crippen molar-refractivity contribution in [2.75, 3.05) is 6.54 Å². The van der Waals surface area contributed by atoms with Crippen LogP contribution in [0, 0.1) is 5.92 Å². The molecule has 0 saturated carbocycles. The molecule has 0 aliphatic carbocycles. The van der Waals surface area contributed by atoms with Crippen LogP contribution >= 0.6 is 11.3 Å². The van der Waals surface area contributed by atoms with Crippen LogP contribution in [0.1, 0.15) is 35.5 Å². The van der Waals surface area contributed by atoms with Crippen LogP contribution < -0.4 is 5.32 Å². The summed E-state index contributed by atoms with van der Waals surface area (Å²) in [5.74, 6) is -0.143. The van der Waals surface area contributed by atoms with Gasteiger partial charge < -0.3 is 10.4 Å². The molecule has 1 rings (SSSR count). The highest BCUT2D eigenvalue weighted by molar-refractivity contribution is 7.10. The minimum absolute atomic E-state index is 0.389. The van der Waals surface area contributed by atoms with E-state index in [1.165, 1.54) is 11.3 Å². The molecule has 84 valence electrons. The average molecular weight is 227 g/mol. The van der Waals surface area contributed by atoms with Gasteiger partial charge in [0.2, 0.25) is 0 Å². The van der Waals surface area contributed by atoms with Crippen molar-refractivity contribution >= 4 is 17.3 Å². The zero-order chi connectivity index (χ0) is 11.3. The van der Waals surface area contributed by atoms with Gasteiger partial charge in [-0.25, -0.2) is 4.79 Å². The van der Waals surface area contributed by atoms with Crippen molar-refractivity contribution < 1.29 is 9.90 Å². The molecule has 4 heteroatoms. The molecule has 0 aromatic carbocycles. The maximum Gasteiger partial charge on any atom is 0.336 e. The summed E-state index contributed by atoms with van der Waals surface area (Å²) in [5.41, 5.74) is 0.389. The predicted molar refractivity (Wildman–Crippen MR) is 62.4 cm³/mol. The summed E-state index contributed by atoms with van der Waals surface area (Å²) in [6.45, 7) is 6.13. The fourth-order valence-electron chi connectivity index (χ4n) is 1.19. The number of carboxylic acids is 1. The van der Waals surface area contributed by atoms with Gasteiger partial charge in [-0.15, -0.1) is 11.3 Å². The van der Waals surface area contributed by atoms with E-state index >= 15 is 0 Å². The van der Waals surface area contributed by atoms with Crippen molar-refractivity contribution in [3.05, 3.63) is 21.9 Å². The predicted octanol–water partition coefficient (Wildman–Crippen LogP) is 2.58. The van der Waals surface area contributed by atoms with Crippen molar-refractivity contribution in [3.8, 4) is 0 Å². The van der Waals surface area contributed by atoms with Crippen molar-refractivity contribution in [2.24, 2.45) is 5.92 Å². The Labute approximate surface area is 94.1 Å². The van der Waals surface area contributed by atoms with E-state index in [0.29, 0.717) is 11.5 Å². The third-order valence-corrected chi connectivity index (χ3v) is 3.04. The molecule has 0 bridgehead atoms. The van der Waals surface area contributed by atoms with Crippen LogP contribution in [0.15, 0.2) is 11.4 Å². The lowest BCUT2D eigenvalue weighted by molar-refractivity contribution is 0.0697. The minimum Gasteiger partial charge on any atom is -0.478 e. The largest absolute Gasteiger partial charge is 0.478 e. The highest BCUT2D eigenvalue weighted by Gasteiger charge is 2.05. The molecule has 1 heterocycles. The van der Waals surface area contributed by atoms with Gasteiger partial charge in [0.05, 0.1) is 5.56 Å². The molecule has 1 aromatic heterocycles. The van der Waals surface area contributed by atoms with E-state index in [1.54, 1.807) is 11.4 Å². The third kappa shape index (κ3) is 4.44. The lowest BCUT2D eigenvalue weighted by Gasteiger charge is -2.05. The van der Waals surface area contributed by atoms with E-state index in [0.717, 1.165) is 24.4 Å². The summed E-state index contributed by atoms with van der Waals surface area (Å²) in [6.07, 6.45) is 1.15. The van der Waals surface area contributed by atoms with Crippen LogP contribution in [0.3, 0.4) is 0 Å². The summed E-state index contributed by atoms with van der Waals surface area (Å²) in [4.78, 5) is 11.7. The Morgan fingerprint density at radius 2 is 2.33 bits per heavy atom. The molecule has 0 radical (unpaired) electrons. The van der Waals surface area contributed by atoms with Gasteiger partial charge in [-0.2, -0.15) is 0 Å². The highest BCUT2D eigenvalue weighted by atomic mass is 32.1. The standard InChI is InChI=1S/C11H17NO2S/c1-8(2)3-4-12-6-10-5-9(7-15-10)11(13)14/h5,7-8,12H,3-4,6H2,1-2H3,(H,13,14).